The van der Waals surface area contributed by atoms with Crippen LogP contribution in [0.5, 0.6) is 0 Å². The Morgan fingerprint density at radius 1 is 1.14 bits per heavy atom. The smallest absolute Gasteiger partial charge is 0.309 e. The summed E-state index contributed by atoms with van der Waals surface area (Å²) in [4.78, 5) is 13.4. The van der Waals surface area contributed by atoms with E-state index in [1.807, 2.05) is 27.2 Å². The van der Waals surface area contributed by atoms with Crippen molar-refractivity contribution >= 4 is 22.4 Å². The Bertz CT molecular complexity index is 856. The summed E-state index contributed by atoms with van der Waals surface area (Å²) in [5, 5.41) is 5.50. The first kappa shape index (κ1) is 14.1. The molecule has 1 atom stereocenters. The topological polar surface area (TPSA) is 39.0 Å². The average molecular weight is 301 g/mol. The summed E-state index contributed by atoms with van der Waals surface area (Å²) >= 11 is 1.76. The molecular formula is C16H19N3OS. The fraction of sp³-hybridized carbons (Fsp3) is 0.312. The van der Waals surface area contributed by atoms with Gasteiger partial charge >= 0.3 is 5.69 Å². The highest BCUT2D eigenvalue weighted by atomic mass is 32.1. The van der Waals surface area contributed by atoms with E-state index in [2.05, 4.69) is 35.8 Å². The molecule has 0 radical (unpaired) electrons. The first-order valence-electron chi connectivity index (χ1n) is 6.91. The highest BCUT2D eigenvalue weighted by Gasteiger charge is 2.17. The lowest BCUT2D eigenvalue weighted by atomic mass is 10.0. The summed E-state index contributed by atoms with van der Waals surface area (Å²) < 4.78 is 3.39. The molecule has 1 N–H and O–H groups in total. The Morgan fingerprint density at radius 2 is 1.86 bits per heavy atom. The molecule has 2 heterocycles. The SMILES string of the molecule is CNC(c1ccc2c(c1)n(C)c(=O)n2C)c1sccc1C. The van der Waals surface area contributed by atoms with Gasteiger partial charge < -0.3 is 5.32 Å². The fourth-order valence-corrected chi connectivity index (χ4v) is 3.90. The monoisotopic (exact) mass is 301 g/mol. The largest absolute Gasteiger partial charge is 0.328 e. The van der Waals surface area contributed by atoms with E-state index in [-0.39, 0.29) is 11.7 Å². The minimum absolute atomic E-state index is 0.00969. The summed E-state index contributed by atoms with van der Waals surface area (Å²) in [5.41, 5.74) is 4.41. The van der Waals surface area contributed by atoms with Crippen molar-refractivity contribution < 1.29 is 0 Å². The third kappa shape index (κ3) is 2.13. The lowest BCUT2D eigenvalue weighted by Crippen LogP contribution is -2.19. The number of aryl methyl sites for hydroxylation is 3. The number of benzene rings is 1. The van der Waals surface area contributed by atoms with E-state index in [0.29, 0.717) is 0 Å². The zero-order valence-corrected chi connectivity index (χ0v) is 13.5. The second kappa shape index (κ2) is 5.16. The van der Waals surface area contributed by atoms with Crippen molar-refractivity contribution in [1.82, 2.24) is 14.5 Å². The molecule has 5 heteroatoms. The normalized spacial score (nSPS) is 13.0. The van der Waals surface area contributed by atoms with Crippen molar-refractivity contribution in [1.29, 1.82) is 0 Å². The number of imidazole rings is 1. The molecule has 3 aromatic rings. The Hall–Kier alpha value is -1.85. The molecule has 0 saturated carbocycles. The molecule has 0 spiro atoms. The van der Waals surface area contributed by atoms with Crippen LogP contribution in [0, 0.1) is 6.92 Å². The number of rotatable bonds is 3. The van der Waals surface area contributed by atoms with Gasteiger partial charge in [0.2, 0.25) is 0 Å². The van der Waals surface area contributed by atoms with Crippen LogP contribution in [0.15, 0.2) is 34.4 Å². The first-order chi connectivity index (χ1) is 10.0. The van der Waals surface area contributed by atoms with Gasteiger partial charge in [0.1, 0.15) is 0 Å². The maximum Gasteiger partial charge on any atom is 0.328 e. The van der Waals surface area contributed by atoms with Gasteiger partial charge in [0.25, 0.3) is 0 Å². The van der Waals surface area contributed by atoms with E-state index in [4.69, 9.17) is 0 Å². The van der Waals surface area contributed by atoms with Crippen molar-refractivity contribution in [2.24, 2.45) is 14.1 Å². The maximum absolute atomic E-state index is 12.0. The average Bonchev–Trinajstić information content (AvgIpc) is 2.99. The molecule has 0 aliphatic carbocycles. The summed E-state index contributed by atoms with van der Waals surface area (Å²) in [6, 6.07) is 8.53. The lowest BCUT2D eigenvalue weighted by molar-refractivity contribution is 0.700. The highest BCUT2D eigenvalue weighted by molar-refractivity contribution is 7.10. The summed E-state index contributed by atoms with van der Waals surface area (Å²) in [7, 11) is 5.60. The van der Waals surface area contributed by atoms with Gasteiger partial charge in [-0.15, -0.1) is 11.3 Å². The Labute approximate surface area is 127 Å². The van der Waals surface area contributed by atoms with Gasteiger partial charge in [0.05, 0.1) is 17.1 Å². The zero-order valence-electron chi connectivity index (χ0n) is 12.7. The summed E-state index contributed by atoms with van der Waals surface area (Å²) in [5.74, 6) is 0. The minimum atomic E-state index is 0.00969. The number of thiophene rings is 1. The number of nitrogens with zero attached hydrogens (tertiary/aromatic N) is 2. The Morgan fingerprint density at radius 3 is 2.48 bits per heavy atom. The van der Waals surface area contributed by atoms with E-state index >= 15 is 0 Å². The van der Waals surface area contributed by atoms with Crippen molar-refractivity contribution in [2.75, 3.05) is 7.05 Å². The second-order valence-corrected chi connectivity index (χ2v) is 6.29. The van der Waals surface area contributed by atoms with Crippen molar-refractivity contribution in [2.45, 2.75) is 13.0 Å². The van der Waals surface area contributed by atoms with E-state index in [0.717, 1.165) is 11.0 Å². The van der Waals surface area contributed by atoms with E-state index in [9.17, 15) is 4.79 Å². The molecule has 1 unspecified atom stereocenters. The third-order valence-electron chi connectivity index (χ3n) is 4.08. The predicted octanol–water partition coefficient (Wildman–Crippen LogP) is 2.56. The van der Waals surface area contributed by atoms with Crippen LogP contribution in [0.3, 0.4) is 0 Å². The molecule has 2 aromatic heterocycles. The van der Waals surface area contributed by atoms with Crippen molar-refractivity contribution in [3.63, 3.8) is 0 Å². The highest BCUT2D eigenvalue weighted by Crippen LogP contribution is 2.30. The number of hydrogen-bond acceptors (Lipinski definition) is 3. The molecule has 0 aliphatic rings. The van der Waals surface area contributed by atoms with E-state index in [1.54, 1.807) is 20.5 Å². The van der Waals surface area contributed by atoms with Gasteiger partial charge in [-0.2, -0.15) is 0 Å². The van der Waals surface area contributed by atoms with Crippen LogP contribution in [0.4, 0.5) is 0 Å². The zero-order chi connectivity index (χ0) is 15.1. The maximum atomic E-state index is 12.0. The summed E-state index contributed by atoms with van der Waals surface area (Å²) in [6.45, 7) is 2.13. The molecule has 0 aliphatic heterocycles. The Balaban J connectivity index is 2.18. The molecule has 0 fully saturated rings. The summed E-state index contributed by atoms with van der Waals surface area (Å²) in [6.07, 6.45) is 0. The number of hydrogen-bond donors (Lipinski definition) is 1. The molecule has 110 valence electrons. The van der Waals surface area contributed by atoms with Gasteiger partial charge in [0.15, 0.2) is 0 Å². The molecule has 4 nitrogen and oxygen atoms in total. The Kier molecular flexibility index (Phi) is 3.47. The quantitative estimate of drug-likeness (QED) is 0.807. The molecule has 3 rings (SSSR count). The minimum Gasteiger partial charge on any atom is -0.309 e. The molecule has 1 aromatic carbocycles. The number of nitrogens with one attached hydrogen (secondary N) is 1. The third-order valence-corrected chi connectivity index (χ3v) is 5.17. The van der Waals surface area contributed by atoms with Gasteiger partial charge in [-0.05, 0) is 48.7 Å². The number of fused-ring (bicyclic) bond motifs is 1. The van der Waals surface area contributed by atoms with Crippen LogP contribution in [-0.2, 0) is 14.1 Å². The van der Waals surface area contributed by atoms with Gasteiger partial charge in [-0.1, -0.05) is 6.07 Å². The molecule has 0 bridgehead atoms. The van der Waals surface area contributed by atoms with Crippen LogP contribution >= 0.6 is 11.3 Å². The molecule has 21 heavy (non-hydrogen) atoms. The predicted molar refractivity (Wildman–Crippen MR) is 88.1 cm³/mol. The van der Waals surface area contributed by atoms with E-state index < -0.39 is 0 Å². The van der Waals surface area contributed by atoms with Gasteiger partial charge in [0, 0.05) is 19.0 Å². The van der Waals surface area contributed by atoms with E-state index in [1.165, 1.54) is 16.0 Å². The van der Waals surface area contributed by atoms with Crippen LogP contribution in [-0.4, -0.2) is 16.2 Å². The van der Waals surface area contributed by atoms with Crippen LogP contribution in [0.2, 0.25) is 0 Å². The van der Waals surface area contributed by atoms with Crippen molar-refractivity contribution in [3.8, 4) is 0 Å². The lowest BCUT2D eigenvalue weighted by Gasteiger charge is -2.17. The molecule has 0 saturated heterocycles. The fourth-order valence-electron chi connectivity index (χ4n) is 2.83. The van der Waals surface area contributed by atoms with Crippen molar-refractivity contribution in [3.05, 3.63) is 56.1 Å². The molecule has 0 amide bonds. The van der Waals surface area contributed by atoms with Gasteiger partial charge in [-0.25, -0.2) is 4.79 Å². The van der Waals surface area contributed by atoms with Crippen LogP contribution in [0.1, 0.15) is 22.0 Å². The second-order valence-electron chi connectivity index (χ2n) is 5.34. The van der Waals surface area contributed by atoms with Crippen LogP contribution in [0.25, 0.3) is 11.0 Å². The van der Waals surface area contributed by atoms with Gasteiger partial charge in [-0.3, -0.25) is 9.13 Å². The number of aromatic nitrogens is 2. The standard InChI is InChI=1S/C16H19N3OS/c1-10-7-8-21-15(10)14(17-2)11-5-6-12-13(9-11)19(4)16(20)18(12)3/h5-9,14,17H,1-4H3. The van der Waals surface area contributed by atoms with Crippen LogP contribution < -0.4 is 11.0 Å². The molecular weight excluding hydrogens is 282 g/mol. The first-order valence-corrected chi connectivity index (χ1v) is 7.79.